The van der Waals surface area contributed by atoms with Gasteiger partial charge in [-0.25, -0.2) is 4.39 Å². The number of nitro groups is 1. The average molecular weight is 267 g/mol. The Bertz CT molecular complexity index is 649. The van der Waals surface area contributed by atoms with E-state index in [0.29, 0.717) is 0 Å². The van der Waals surface area contributed by atoms with Gasteiger partial charge in [0.2, 0.25) is 5.82 Å². The largest absolute Gasteiger partial charge is 0.430 e. The van der Waals surface area contributed by atoms with Crippen LogP contribution in [0, 0.1) is 21.7 Å². The van der Waals surface area contributed by atoms with Crippen LogP contribution < -0.4 is 10.5 Å². The first-order valence-electron chi connectivity index (χ1n) is 5.02. The predicted octanol–water partition coefficient (Wildman–Crippen LogP) is 2.64. The number of halogens is 2. The lowest BCUT2D eigenvalue weighted by Crippen LogP contribution is -2.00. The van der Waals surface area contributed by atoms with Crippen LogP contribution in [0.15, 0.2) is 30.3 Å². The molecule has 19 heavy (non-hydrogen) atoms. The van der Waals surface area contributed by atoms with Crippen molar-refractivity contribution in [3.05, 3.63) is 52.1 Å². The monoisotopic (exact) mass is 267 g/mol. The second kappa shape index (κ2) is 4.84. The van der Waals surface area contributed by atoms with Gasteiger partial charge in [-0.3, -0.25) is 10.1 Å². The maximum absolute atomic E-state index is 13.4. The molecule has 8 heteroatoms. The van der Waals surface area contributed by atoms with Gasteiger partial charge in [0.1, 0.15) is 5.82 Å². The number of rotatable bonds is 3. The molecule has 2 N–H and O–H groups in total. The fraction of sp³-hybridized carbons (Fsp3) is 0. The molecule has 0 bridgehead atoms. The van der Waals surface area contributed by atoms with Gasteiger partial charge in [0.05, 0.1) is 4.92 Å². The lowest BCUT2D eigenvalue weighted by molar-refractivity contribution is -0.386. The van der Waals surface area contributed by atoms with Crippen LogP contribution in [-0.2, 0) is 0 Å². The highest BCUT2D eigenvalue weighted by molar-refractivity contribution is 5.48. The third-order valence-corrected chi connectivity index (χ3v) is 2.18. The molecule has 2 aromatic rings. The summed E-state index contributed by atoms with van der Waals surface area (Å²) in [5.41, 5.74) is 4.87. The number of aromatic nitrogens is 1. The van der Waals surface area contributed by atoms with Crippen LogP contribution >= 0.6 is 0 Å². The van der Waals surface area contributed by atoms with E-state index in [1.165, 1.54) is 12.1 Å². The van der Waals surface area contributed by atoms with E-state index in [0.717, 1.165) is 18.2 Å². The van der Waals surface area contributed by atoms with E-state index < -0.39 is 33.9 Å². The lowest BCUT2D eigenvalue weighted by Gasteiger charge is -2.06. The number of anilines is 1. The smallest absolute Gasteiger partial charge is 0.331 e. The van der Waals surface area contributed by atoms with Gasteiger partial charge in [0.15, 0.2) is 11.6 Å². The number of nitrogens with zero attached hydrogens (tertiary/aromatic N) is 2. The predicted molar refractivity (Wildman–Crippen MR) is 61.7 cm³/mol. The highest BCUT2D eigenvalue weighted by atomic mass is 19.2. The Balaban J connectivity index is 2.45. The number of pyridine rings is 1. The number of benzene rings is 1. The minimum atomic E-state index is -1.26. The van der Waals surface area contributed by atoms with E-state index >= 15 is 0 Å². The molecule has 6 nitrogen and oxygen atoms in total. The Hall–Kier alpha value is -2.77. The zero-order valence-electron chi connectivity index (χ0n) is 9.34. The summed E-state index contributed by atoms with van der Waals surface area (Å²) in [5.74, 6) is -3.46. The minimum Gasteiger partial charge on any atom is -0.430 e. The molecule has 0 aliphatic rings. The molecule has 1 aromatic heterocycles. The molecule has 2 rings (SSSR count). The molecule has 98 valence electrons. The first-order chi connectivity index (χ1) is 8.99. The van der Waals surface area contributed by atoms with Gasteiger partial charge in [-0.2, -0.15) is 9.37 Å². The molecule has 1 heterocycles. The quantitative estimate of drug-likeness (QED) is 0.681. The van der Waals surface area contributed by atoms with Gasteiger partial charge in [-0.05, 0) is 18.2 Å². The van der Waals surface area contributed by atoms with Gasteiger partial charge in [0.25, 0.3) is 0 Å². The van der Waals surface area contributed by atoms with Gasteiger partial charge in [0, 0.05) is 6.07 Å². The molecule has 0 unspecified atom stereocenters. The fourth-order valence-corrected chi connectivity index (χ4v) is 1.33. The SMILES string of the molecule is Nc1ccc([N+](=O)[O-])c(Oc2cccc(F)c2F)n1. The van der Waals surface area contributed by atoms with Crippen molar-refractivity contribution in [2.75, 3.05) is 5.73 Å². The van der Waals surface area contributed by atoms with Crippen molar-refractivity contribution in [3.8, 4) is 11.6 Å². The van der Waals surface area contributed by atoms with Crippen LogP contribution in [0.2, 0.25) is 0 Å². The molecule has 0 amide bonds. The maximum atomic E-state index is 13.4. The Kier molecular flexibility index (Phi) is 3.23. The van der Waals surface area contributed by atoms with Crippen LogP contribution in [0.3, 0.4) is 0 Å². The van der Waals surface area contributed by atoms with Crippen molar-refractivity contribution in [3.63, 3.8) is 0 Å². The summed E-state index contributed by atoms with van der Waals surface area (Å²) in [5, 5.41) is 10.8. The normalized spacial score (nSPS) is 10.2. The van der Waals surface area contributed by atoms with Gasteiger partial charge in [-0.1, -0.05) is 6.07 Å². The van der Waals surface area contributed by atoms with Gasteiger partial charge >= 0.3 is 11.6 Å². The van der Waals surface area contributed by atoms with Crippen molar-refractivity contribution in [2.45, 2.75) is 0 Å². The number of nitrogen functional groups attached to an aromatic ring is 1. The van der Waals surface area contributed by atoms with E-state index in [1.54, 1.807) is 0 Å². The third-order valence-electron chi connectivity index (χ3n) is 2.18. The number of hydrogen-bond acceptors (Lipinski definition) is 5. The zero-order chi connectivity index (χ0) is 14.0. The third kappa shape index (κ3) is 2.57. The molecule has 0 aliphatic heterocycles. The summed E-state index contributed by atoms with van der Waals surface area (Å²) in [6.07, 6.45) is 0. The number of nitrogens with two attached hydrogens (primary N) is 1. The van der Waals surface area contributed by atoms with E-state index in [-0.39, 0.29) is 5.82 Å². The second-order valence-electron chi connectivity index (χ2n) is 3.47. The minimum absolute atomic E-state index is 0.0441. The van der Waals surface area contributed by atoms with Crippen molar-refractivity contribution in [1.29, 1.82) is 0 Å². The molecular weight excluding hydrogens is 260 g/mol. The van der Waals surface area contributed by atoms with Crippen molar-refractivity contribution < 1.29 is 18.4 Å². The lowest BCUT2D eigenvalue weighted by atomic mass is 10.3. The summed E-state index contributed by atoms with van der Waals surface area (Å²) in [7, 11) is 0. The summed E-state index contributed by atoms with van der Waals surface area (Å²) < 4.78 is 31.3. The number of ether oxygens (including phenoxy) is 1. The Morgan fingerprint density at radius 1 is 1.26 bits per heavy atom. The summed E-state index contributed by atoms with van der Waals surface area (Å²) in [6.45, 7) is 0. The van der Waals surface area contributed by atoms with Crippen molar-refractivity contribution in [1.82, 2.24) is 4.98 Å². The summed E-state index contributed by atoms with van der Waals surface area (Å²) in [6, 6.07) is 5.48. The van der Waals surface area contributed by atoms with Crippen molar-refractivity contribution >= 4 is 11.5 Å². The van der Waals surface area contributed by atoms with E-state index in [2.05, 4.69) is 4.98 Å². The maximum Gasteiger partial charge on any atom is 0.331 e. The average Bonchev–Trinajstić information content (AvgIpc) is 2.35. The fourth-order valence-electron chi connectivity index (χ4n) is 1.33. The zero-order valence-corrected chi connectivity index (χ0v) is 9.34. The molecular formula is C11H7F2N3O3. The molecule has 0 saturated carbocycles. The van der Waals surface area contributed by atoms with E-state index in [4.69, 9.17) is 10.5 Å². The Morgan fingerprint density at radius 3 is 2.68 bits per heavy atom. The second-order valence-corrected chi connectivity index (χ2v) is 3.47. The highest BCUT2D eigenvalue weighted by Crippen LogP contribution is 2.31. The molecule has 0 radical (unpaired) electrons. The standard InChI is InChI=1S/C11H7F2N3O3/c12-6-2-1-3-8(10(6)13)19-11-7(16(17)18)4-5-9(14)15-11/h1-5H,(H2,14,15). The molecule has 0 saturated heterocycles. The summed E-state index contributed by atoms with van der Waals surface area (Å²) in [4.78, 5) is 13.6. The topological polar surface area (TPSA) is 91.3 Å². The van der Waals surface area contributed by atoms with Crippen LogP contribution in [0.25, 0.3) is 0 Å². The molecule has 0 fully saturated rings. The molecule has 1 aromatic carbocycles. The van der Waals surface area contributed by atoms with Crippen molar-refractivity contribution in [2.24, 2.45) is 0 Å². The first kappa shape index (κ1) is 12.7. The Labute approximate surface area is 105 Å². The van der Waals surface area contributed by atoms with E-state index in [9.17, 15) is 18.9 Å². The van der Waals surface area contributed by atoms with Gasteiger partial charge in [-0.15, -0.1) is 0 Å². The van der Waals surface area contributed by atoms with Crippen LogP contribution in [-0.4, -0.2) is 9.91 Å². The van der Waals surface area contributed by atoms with Crippen LogP contribution in [0.4, 0.5) is 20.3 Å². The highest BCUT2D eigenvalue weighted by Gasteiger charge is 2.20. The molecule has 0 atom stereocenters. The van der Waals surface area contributed by atoms with Crippen LogP contribution in [0.1, 0.15) is 0 Å². The Morgan fingerprint density at radius 2 is 2.00 bits per heavy atom. The van der Waals surface area contributed by atoms with E-state index in [1.807, 2.05) is 0 Å². The van der Waals surface area contributed by atoms with Crippen LogP contribution in [0.5, 0.6) is 11.6 Å². The number of hydrogen-bond donors (Lipinski definition) is 1. The molecule has 0 spiro atoms. The van der Waals surface area contributed by atoms with Gasteiger partial charge < -0.3 is 10.5 Å². The first-order valence-corrected chi connectivity index (χ1v) is 5.02. The summed E-state index contributed by atoms with van der Waals surface area (Å²) >= 11 is 0. The molecule has 0 aliphatic carbocycles.